The monoisotopic (exact) mass is 401 g/mol. The van der Waals surface area contributed by atoms with Crippen LogP contribution in [0.15, 0.2) is 48.9 Å². The summed E-state index contributed by atoms with van der Waals surface area (Å²) in [4.78, 5) is 19.9. The fraction of sp³-hybridized carbons (Fsp3) is 0.222. The summed E-state index contributed by atoms with van der Waals surface area (Å²) < 4.78 is 1.49. The van der Waals surface area contributed by atoms with Crippen molar-refractivity contribution >= 4 is 35.0 Å². The molecule has 0 aliphatic heterocycles. The lowest BCUT2D eigenvalue weighted by Gasteiger charge is -2.18. The van der Waals surface area contributed by atoms with Gasteiger partial charge in [0.25, 0.3) is 0 Å². The van der Waals surface area contributed by atoms with Crippen LogP contribution in [0.3, 0.4) is 0 Å². The molecule has 0 saturated carbocycles. The molecule has 3 rings (SSSR count). The SMILES string of the molecule is CNC(=O)Cn1cc(Nc2ncc(Cl)c(NC(CO)c3ccccc3)n2)cn1. The third kappa shape index (κ3) is 4.96. The molecule has 9 nitrogen and oxygen atoms in total. The number of likely N-dealkylation sites (N-methyl/N-ethyl adjacent to an activating group) is 1. The third-order valence-electron chi connectivity index (χ3n) is 3.91. The number of nitrogens with zero attached hydrogens (tertiary/aromatic N) is 4. The number of benzene rings is 1. The largest absolute Gasteiger partial charge is 0.394 e. The lowest BCUT2D eigenvalue weighted by atomic mass is 10.1. The highest BCUT2D eigenvalue weighted by molar-refractivity contribution is 6.32. The number of halogens is 1. The Morgan fingerprint density at radius 2 is 2.07 bits per heavy atom. The van der Waals surface area contributed by atoms with Gasteiger partial charge in [-0.1, -0.05) is 41.9 Å². The number of amides is 1. The second-order valence-corrected chi connectivity index (χ2v) is 6.31. The lowest BCUT2D eigenvalue weighted by molar-refractivity contribution is -0.121. The normalized spacial score (nSPS) is 11.7. The molecule has 4 N–H and O–H groups in total. The third-order valence-corrected chi connectivity index (χ3v) is 4.19. The van der Waals surface area contributed by atoms with Crippen LogP contribution < -0.4 is 16.0 Å². The van der Waals surface area contributed by atoms with E-state index >= 15 is 0 Å². The Labute approximate surface area is 166 Å². The van der Waals surface area contributed by atoms with E-state index in [-0.39, 0.29) is 25.1 Å². The minimum Gasteiger partial charge on any atom is -0.394 e. The van der Waals surface area contributed by atoms with Crippen molar-refractivity contribution in [1.29, 1.82) is 0 Å². The molecule has 0 fully saturated rings. The van der Waals surface area contributed by atoms with Gasteiger partial charge in [0.05, 0.1) is 30.7 Å². The van der Waals surface area contributed by atoms with E-state index in [1.165, 1.54) is 10.9 Å². The summed E-state index contributed by atoms with van der Waals surface area (Å²) in [5, 5.41) is 22.8. The van der Waals surface area contributed by atoms with Crippen molar-refractivity contribution in [3.8, 4) is 0 Å². The fourth-order valence-electron chi connectivity index (χ4n) is 2.48. The van der Waals surface area contributed by atoms with Crippen LogP contribution in [0.1, 0.15) is 11.6 Å². The maximum absolute atomic E-state index is 11.4. The molecule has 0 saturated heterocycles. The lowest BCUT2D eigenvalue weighted by Crippen LogP contribution is -2.23. The molecule has 2 aromatic heterocycles. The van der Waals surface area contributed by atoms with Gasteiger partial charge in [-0.05, 0) is 5.56 Å². The highest BCUT2D eigenvalue weighted by Crippen LogP contribution is 2.25. The Morgan fingerprint density at radius 3 is 2.79 bits per heavy atom. The van der Waals surface area contributed by atoms with Gasteiger partial charge in [-0.25, -0.2) is 4.98 Å². The van der Waals surface area contributed by atoms with Crippen LogP contribution >= 0.6 is 11.6 Å². The number of hydrogen-bond donors (Lipinski definition) is 4. The van der Waals surface area contributed by atoms with Crippen LogP contribution in [0.4, 0.5) is 17.5 Å². The Balaban J connectivity index is 1.73. The van der Waals surface area contributed by atoms with E-state index in [0.717, 1.165) is 5.56 Å². The molecule has 1 aromatic carbocycles. The van der Waals surface area contributed by atoms with Gasteiger partial charge in [0.2, 0.25) is 11.9 Å². The standard InChI is InChI=1S/C18H20ClN7O2/c1-20-16(28)10-26-9-13(7-22-26)23-18-21-8-14(19)17(25-18)24-15(11-27)12-5-3-2-4-6-12/h2-9,15,27H,10-11H2,1H3,(H,20,28)(H2,21,23,24,25). The van der Waals surface area contributed by atoms with E-state index in [9.17, 15) is 9.90 Å². The summed E-state index contributed by atoms with van der Waals surface area (Å²) in [6.45, 7) is -0.0128. The molecule has 1 amide bonds. The highest BCUT2D eigenvalue weighted by atomic mass is 35.5. The highest BCUT2D eigenvalue weighted by Gasteiger charge is 2.14. The minimum absolute atomic E-state index is 0.113. The van der Waals surface area contributed by atoms with Gasteiger partial charge in [0.1, 0.15) is 11.6 Å². The number of carbonyl (C=O) groups is 1. The first-order valence-corrected chi connectivity index (χ1v) is 8.91. The van der Waals surface area contributed by atoms with Crippen molar-refractivity contribution < 1.29 is 9.90 Å². The molecule has 28 heavy (non-hydrogen) atoms. The van der Waals surface area contributed by atoms with Gasteiger partial charge in [-0.15, -0.1) is 0 Å². The maximum Gasteiger partial charge on any atom is 0.241 e. The number of rotatable bonds is 8. The average Bonchev–Trinajstić information content (AvgIpc) is 3.15. The molecule has 0 spiro atoms. The van der Waals surface area contributed by atoms with E-state index in [1.54, 1.807) is 19.4 Å². The van der Waals surface area contributed by atoms with Gasteiger partial charge in [-0.3, -0.25) is 9.48 Å². The number of anilines is 3. The first-order chi connectivity index (χ1) is 13.6. The predicted octanol–water partition coefficient (Wildman–Crippen LogP) is 1.96. The Morgan fingerprint density at radius 1 is 1.29 bits per heavy atom. The molecule has 1 unspecified atom stereocenters. The van der Waals surface area contributed by atoms with E-state index < -0.39 is 0 Å². The van der Waals surface area contributed by atoms with Crippen molar-refractivity contribution in [2.75, 3.05) is 24.3 Å². The number of carbonyl (C=O) groups excluding carboxylic acids is 1. The van der Waals surface area contributed by atoms with Crippen molar-refractivity contribution in [1.82, 2.24) is 25.1 Å². The summed E-state index contributed by atoms with van der Waals surface area (Å²) in [5.41, 5.74) is 1.53. The second kappa shape index (κ2) is 9.16. The molecular formula is C18H20ClN7O2. The molecule has 146 valence electrons. The topological polar surface area (TPSA) is 117 Å². The van der Waals surface area contributed by atoms with Gasteiger partial charge in [0, 0.05) is 13.2 Å². The van der Waals surface area contributed by atoms with Crippen LogP contribution in [0.25, 0.3) is 0 Å². The van der Waals surface area contributed by atoms with Crippen molar-refractivity contribution in [3.05, 3.63) is 59.5 Å². The second-order valence-electron chi connectivity index (χ2n) is 5.91. The first-order valence-electron chi connectivity index (χ1n) is 8.54. The Hall–Kier alpha value is -3.17. The average molecular weight is 402 g/mol. The molecule has 0 aliphatic carbocycles. The van der Waals surface area contributed by atoms with Gasteiger partial charge < -0.3 is 21.1 Å². The van der Waals surface area contributed by atoms with Gasteiger partial charge in [0.15, 0.2) is 5.82 Å². The number of aromatic nitrogens is 4. The fourth-order valence-corrected chi connectivity index (χ4v) is 2.63. The molecule has 3 aromatic rings. The molecule has 0 radical (unpaired) electrons. The first kappa shape index (κ1) is 19.6. The quantitative estimate of drug-likeness (QED) is 0.455. The van der Waals surface area contributed by atoms with Crippen molar-refractivity contribution in [2.45, 2.75) is 12.6 Å². The summed E-state index contributed by atoms with van der Waals surface area (Å²) >= 11 is 6.21. The van der Waals surface area contributed by atoms with E-state index in [1.807, 2.05) is 30.3 Å². The molecular weight excluding hydrogens is 382 g/mol. The van der Waals surface area contributed by atoms with Crippen molar-refractivity contribution in [3.63, 3.8) is 0 Å². The van der Waals surface area contributed by atoms with E-state index in [2.05, 4.69) is 31.0 Å². The molecule has 0 bridgehead atoms. The molecule has 1 atom stereocenters. The zero-order valence-corrected chi connectivity index (χ0v) is 15.9. The van der Waals surface area contributed by atoms with Gasteiger partial charge >= 0.3 is 0 Å². The zero-order valence-electron chi connectivity index (χ0n) is 15.1. The van der Waals surface area contributed by atoms with Crippen LogP contribution in [0.5, 0.6) is 0 Å². The predicted molar refractivity (Wildman–Crippen MR) is 107 cm³/mol. The smallest absolute Gasteiger partial charge is 0.241 e. The Bertz CT molecular complexity index is 933. The summed E-state index contributed by atoms with van der Waals surface area (Å²) in [7, 11) is 1.57. The number of hydrogen-bond acceptors (Lipinski definition) is 7. The Kier molecular flexibility index (Phi) is 6.41. The van der Waals surface area contributed by atoms with E-state index in [0.29, 0.717) is 22.5 Å². The maximum atomic E-state index is 11.4. The van der Waals surface area contributed by atoms with E-state index in [4.69, 9.17) is 11.6 Å². The van der Waals surface area contributed by atoms with Crippen LogP contribution in [-0.4, -0.2) is 44.4 Å². The summed E-state index contributed by atoms with van der Waals surface area (Å²) in [6, 6.07) is 9.14. The molecule has 0 aliphatic rings. The minimum atomic E-state index is -0.364. The molecule has 2 heterocycles. The van der Waals surface area contributed by atoms with Gasteiger partial charge in [-0.2, -0.15) is 10.1 Å². The van der Waals surface area contributed by atoms with Crippen LogP contribution in [-0.2, 0) is 11.3 Å². The zero-order chi connectivity index (χ0) is 19.9. The van der Waals surface area contributed by atoms with Crippen molar-refractivity contribution in [2.24, 2.45) is 0 Å². The number of nitrogens with one attached hydrogen (secondary N) is 3. The number of aliphatic hydroxyl groups is 1. The summed E-state index contributed by atoms with van der Waals surface area (Å²) in [6.07, 6.45) is 4.70. The molecule has 10 heteroatoms. The van der Waals surface area contributed by atoms with Crippen LogP contribution in [0, 0.1) is 0 Å². The van der Waals surface area contributed by atoms with Crippen LogP contribution in [0.2, 0.25) is 5.02 Å². The number of aliphatic hydroxyl groups excluding tert-OH is 1. The summed E-state index contributed by atoms with van der Waals surface area (Å²) in [5.74, 6) is 0.538.